The molecule has 2 aromatic carbocycles. The van der Waals surface area contributed by atoms with Crippen LogP contribution < -0.4 is 61.5 Å². The summed E-state index contributed by atoms with van der Waals surface area (Å²) in [4.78, 5) is 43.6. The number of carbonyl (C=O) groups is 3. The molecule has 0 radical (unpaired) electrons. The summed E-state index contributed by atoms with van der Waals surface area (Å²) in [5, 5.41) is 14.3. The molecule has 16 heteroatoms. The van der Waals surface area contributed by atoms with E-state index in [2.05, 4.69) is 41.1 Å². The molecule has 0 N–H and O–H groups in total. The summed E-state index contributed by atoms with van der Waals surface area (Å²) < 4.78 is 42.2. The Morgan fingerprint density at radius 3 is 2.30 bits per heavy atom. The summed E-state index contributed by atoms with van der Waals surface area (Å²) in [7, 11) is -4.67. The summed E-state index contributed by atoms with van der Waals surface area (Å²) in [6, 6.07) is 10.2. The third-order valence-electron chi connectivity index (χ3n) is 9.65. The van der Waals surface area contributed by atoms with Crippen molar-refractivity contribution in [3.8, 4) is 0 Å². The van der Waals surface area contributed by atoms with E-state index in [0.29, 0.717) is 30.0 Å². The van der Waals surface area contributed by atoms with Gasteiger partial charge in [-0.05, 0) is 69.2 Å². The standard InChI is InChI=1S/C38H43N3O10S2.K/c1-6-39-30-19-17-26(52-51-50-45)24-28(30)37(2,3)32(39)14-10-8-7-9-11-15-33-38(4,5)29-25-27(53(46,47)48)18-20-31(29)40(33)23-13-12-16-36(44)49-41-34(42)21-22-35(41)43;/h7-11,14-15,17-20,24-25H,6,12-13,16,21-23H2,1-5H3,(H-,45,46,47,48);/q;+1/p-1. The first-order valence-electron chi connectivity index (χ1n) is 17.2. The van der Waals surface area contributed by atoms with Crippen molar-refractivity contribution in [3.05, 3.63) is 95.8 Å². The van der Waals surface area contributed by atoms with Crippen LogP contribution in [0.15, 0.2) is 94.4 Å². The van der Waals surface area contributed by atoms with E-state index in [1.807, 2.05) is 73.1 Å². The van der Waals surface area contributed by atoms with E-state index in [9.17, 15) is 32.6 Å². The van der Waals surface area contributed by atoms with Gasteiger partial charge in [-0.25, -0.2) is 13.2 Å². The zero-order chi connectivity index (χ0) is 38.6. The number of amides is 2. The van der Waals surface area contributed by atoms with E-state index in [4.69, 9.17) is 4.84 Å². The summed E-state index contributed by atoms with van der Waals surface area (Å²) in [6.45, 7) is 11.5. The average Bonchev–Trinajstić information content (AvgIpc) is 3.62. The quantitative estimate of drug-likeness (QED) is 0.0297. The van der Waals surface area contributed by atoms with Gasteiger partial charge in [0.2, 0.25) is 5.69 Å². The molecule has 2 amide bonds. The predicted molar refractivity (Wildman–Crippen MR) is 194 cm³/mol. The molecule has 0 bridgehead atoms. The van der Waals surface area contributed by atoms with E-state index < -0.39 is 33.3 Å². The molecule has 0 atom stereocenters. The molecule has 3 aliphatic heterocycles. The number of fused-ring (bicyclic) bond motifs is 2. The van der Waals surface area contributed by atoms with E-state index in [1.165, 1.54) is 12.1 Å². The molecule has 54 heavy (non-hydrogen) atoms. The van der Waals surface area contributed by atoms with Crippen molar-refractivity contribution in [1.29, 1.82) is 0 Å². The molecule has 0 aromatic heterocycles. The molecular weight excluding hydrogens is 762 g/mol. The van der Waals surface area contributed by atoms with Crippen molar-refractivity contribution < 1.29 is 103 Å². The van der Waals surface area contributed by atoms with Gasteiger partial charge in [-0.2, -0.15) is 8.91 Å². The number of imide groups is 1. The van der Waals surface area contributed by atoms with Crippen LogP contribution in [0.2, 0.25) is 0 Å². The SMILES string of the molecule is CCN1C(=CC=CC=CC=CC2=[N+](CCCCC(=O)ON3C(=O)CCC3=O)c3ccc(S(=O)(=O)[O-])cc3C2(C)C)C(C)(C)c2cc(SOO[O-])ccc21.[K+]. The number of unbranched alkanes of at least 4 members (excludes halogenated alkanes) is 1. The van der Waals surface area contributed by atoms with Gasteiger partial charge in [0.1, 0.15) is 16.7 Å². The number of hydroxylamine groups is 2. The monoisotopic (exact) mass is 803 g/mol. The van der Waals surface area contributed by atoms with E-state index in [0.717, 1.165) is 51.8 Å². The van der Waals surface area contributed by atoms with Gasteiger partial charge in [0, 0.05) is 71.6 Å². The summed E-state index contributed by atoms with van der Waals surface area (Å²) in [6.07, 6.45) is 14.6. The number of hydrogen-bond donors (Lipinski definition) is 0. The summed E-state index contributed by atoms with van der Waals surface area (Å²) >= 11 is 0.863. The third kappa shape index (κ3) is 9.61. The number of carbonyl (C=O) groups excluding carboxylic acids is 3. The molecule has 1 fully saturated rings. The number of rotatable bonds is 15. The Balaban J connectivity index is 0.00000650. The van der Waals surface area contributed by atoms with Crippen molar-refractivity contribution >= 4 is 57.0 Å². The molecule has 13 nitrogen and oxygen atoms in total. The Kier molecular flexibility index (Phi) is 15.0. The van der Waals surface area contributed by atoms with Crippen LogP contribution >= 0.6 is 12.0 Å². The predicted octanol–water partition coefficient (Wildman–Crippen LogP) is 2.35. The second-order valence-electron chi connectivity index (χ2n) is 13.7. The molecule has 0 unspecified atom stereocenters. The van der Waals surface area contributed by atoms with Gasteiger partial charge in [-0.1, -0.05) is 44.2 Å². The van der Waals surface area contributed by atoms with Crippen LogP contribution in [0.3, 0.4) is 0 Å². The Morgan fingerprint density at radius 2 is 1.63 bits per heavy atom. The van der Waals surface area contributed by atoms with Gasteiger partial charge >= 0.3 is 57.4 Å². The van der Waals surface area contributed by atoms with Gasteiger partial charge in [0.05, 0.1) is 22.4 Å². The molecule has 3 aliphatic rings. The Hall–Kier alpha value is -2.74. The number of nitrogens with zero attached hydrogens (tertiary/aromatic N) is 3. The largest absolute Gasteiger partial charge is 1.00 e. The molecule has 0 aliphatic carbocycles. The smallest absolute Gasteiger partial charge is 0.744 e. The first-order valence-corrected chi connectivity index (χ1v) is 19.4. The van der Waals surface area contributed by atoms with Crippen LogP contribution in [0.4, 0.5) is 11.4 Å². The molecular formula is C38H42KN3O10S2. The van der Waals surface area contributed by atoms with Crippen LogP contribution in [0.1, 0.15) is 77.8 Å². The molecule has 0 spiro atoms. The number of likely N-dealkylation sites (N-methyl/N-ethyl adjacent to an activating group) is 1. The fourth-order valence-corrected chi connectivity index (χ4v) is 7.87. The fraction of sp³-hybridized carbons (Fsp3) is 0.368. The van der Waals surface area contributed by atoms with E-state index >= 15 is 0 Å². The van der Waals surface area contributed by atoms with Crippen LogP contribution in [-0.2, 0) is 49.5 Å². The molecule has 2 aromatic rings. The maximum Gasteiger partial charge on any atom is 1.00 e. The molecule has 0 saturated carbocycles. The van der Waals surface area contributed by atoms with Gasteiger partial charge in [-0.3, -0.25) is 14.6 Å². The fourth-order valence-electron chi connectivity index (χ4n) is 6.98. The van der Waals surface area contributed by atoms with Crippen molar-refractivity contribution in [2.45, 2.75) is 87.3 Å². The number of hydrogen-bond acceptors (Lipinski definition) is 12. The average molecular weight is 804 g/mol. The van der Waals surface area contributed by atoms with Gasteiger partial charge in [0.25, 0.3) is 11.8 Å². The van der Waals surface area contributed by atoms with E-state index in [-0.39, 0.29) is 81.0 Å². The van der Waals surface area contributed by atoms with Gasteiger partial charge in [0.15, 0.2) is 5.71 Å². The number of allylic oxidation sites excluding steroid dienone is 8. The molecule has 1 saturated heterocycles. The maximum absolute atomic E-state index is 12.3. The minimum absolute atomic E-state index is 0. The zero-order valence-electron chi connectivity index (χ0n) is 31.2. The summed E-state index contributed by atoms with van der Waals surface area (Å²) in [5.41, 5.74) is 4.64. The van der Waals surface area contributed by atoms with Crippen LogP contribution in [0.25, 0.3) is 0 Å². The Labute approximate surface area is 362 Å². The minimum atomic E-state index is -4.67. The Morgan fingerprint density at radius 1 is 0.944 bits per heavy atom. The summed E-state index contributed by atoms with van der Waals surface area (Å²) in [5.74, 6) is -1.74. The maximum atomic E-state index is 12.3. The van der Waals surface area contributed by atoms with Crippen molar-refractivity contribution in [3.63, 3.8) is 0 Å². The minimum Gasteiger partial charge on any atom is -0.744 e. The van der Waals surface area contributed by atoms with Crippen LogP contribution in [-0.4, -0.2) is 59.2 Å². The molecule has 5 rings (SSSR count). The number of anilines is 1. The zero-order valence-corrected chi connectivity index (χ0v) is 36.0. The molecule has 3 heterocycles. The van der Waals surface area contributed by atoms with Crippen LogP contribution in [0.5, 0.6) is 0 Å². The van der Waals surface area contributed by atoms with Gasteiger partial charge in [-0.15, -0.1) is 5.06 Å². The van der Waals surface area contributed by atoms with E-state index in [1.54, 1.807) is 6.07 Å². The normalized spacial score (nSPS) is 18.5. The second-order valence-corrected chi connectivity index (χ2v) is 15.9. The molecule has 282 valence electrons. The third-order valence-corrected chi connectivity index (χ3v) is 11.1. The first kappa shape index (κ1) is 44.0. The van der Waals surface area contributed by atoms with Crippen molar-refractivity contribution in [2.24, 2.45) is 0 Å². The first-order chi connectivity index (χ1) is 25.1. The van der Waals surface area contributed by atoms with Crippen molar-refractivity contribution in [1.82, 2.24) is 5.06 Å². The second kappa shape index (κ2) is 18.5. The van der Waals surface area contributed by atoms with Crippen LogP contribution in [0, 0.1) is 0 Å². The van der Waals surface area contributed by atoms with Crippen molar-refractivity contribution in [2.75, 3.05) is 18.0 Å². The number of benzene rings is 2. The van der Waals surface area contributed by atoms with Gasteiger partial charge < -0.3 is 19.5 Å². The Bertz CT molecular complexity index is 2040. The topological polar surface area (TPSA) is 169 Å².